The molecule has 1 amide bonds. The van der Waals surface area contributed by atoms with Gasteiger partial charge in [-0.05, 0) is 60.7 Å². The van der Waals surface area contributed by atoms with Crippen LogP contribution in [0.2, 0.25) is 0 Å². The van der Waals surface area contributed by atoms with Gasteiger partial charge in [0, 0.05) is 17.4 Å². The van der Waals surface area contributed by atoms with Crippen LogP contribution in [0.5, 0.6) is 5.75 Å². The first-order chi connectivity index (χ1) is 14.5. The molecule has 4 aromatic rings. The summed E-state index contributed by atoms with van der Waals surface area (Å²) >= 11 is 0. The Morgan fingerprint density at radius 2 is 1.70 bits per heavy atom. The maximum absolute atomic E-state index is 13.2. The Kier molecular flexibility index (Phi) is 4.93. The normalized spacial score (nSPS) is 10.7. The molecule has 150 valence electrons. The number of ketones is 1. The summed E-state index contributed by atoms with van der Waals surface area (Å²) < 4.78 is 19.9. The molecule has 0 unspecified atom stereocenters. The van der Waals surface area contributed by atoms with Gasteiger partial charge in [-0.15, -0.1) is 0 Å². The number of nitrogens with zero attached hydrogens (tertiary/aromatic N) is 1. The van der Waals surface area contributed by atoms with Gasteiger partial charge in [0.25, 0.3) is 5.91 Å². The Bertz CT molecular complexity index is 1250. The Morgan fingerprint density at radius 3 is 2.37 bits per heavy atom. The molecule has 2 heterocycles. The summed E-state index contributed by atoms with van der Waals surface area (Å²) in [5.74, 6) is -0.634. The fourth-order valence-electron chi connectivity index (χ4n) is 3.30. The summed E-state index contributed by atoms with van der Waals surface area (Å²) in [5, 5.41) is 2.79. The summed E-state index contributed by atoms with van der Waals surface area (Å²) in [5.41, 5.74) is 8.01. The lowest BCUT2D eigenvalue weighted by Crippen LogP contribution is -2.14. The van der Waals surface area contributed by atoms with Gasteiger partial charge in [-0.1, -0.05) is 6.07 Å². The Labute approximate surface area is 171 Å². The van der Waals surface area contributed by atoms with Crippen molar-refractivity contribution in [1.82, 2.24) is 4.40 Å². The molecular formula is C23H18FN3O3. The van der Waals surface area contributed by atoms with Crippen LogP contribution in [0.15, 0.2) is 72.9 Å². The monoisotopic (exact) mass is 403 g/mol. The smallest absolute Gasteiger partial charge is 0.259 e. The number of carbonyl (C=O) groups excluding carboxylic acids is 2. The number of rotatable bonds is 5. The standard InChI is InChI=1S/C23H18FN3O3/c1-30-17-11-9-16(10-12-17)26-23(29)19-18-4-2-3-13-27(18)21(20(19)25)22(28)14-5-7-15(24)8-6-14/h2-13H,25H2,1H3,(H,26,29). The molecule has 0 saturated carbocycles. The molecule has 30 heavy (non-hydrogen) atoms. The van der Waals surface area contributed by atoms with E-state index in [9.17, 15) is 14.0 Å². The number of pyridine rings is 1. The van der Waals surface area contributed by atoms with Crippen LogP contribution < -0.4 is 15.8 Å². The molecule has 0 atom stereocenters. The average molecular weight is 403 g/mol. The molecule has 0 saturated heterocycles. The number of ether oxygens (including phenoxy) is 1. The van der Waals surface area contributed by atoms with Gasteiger partial charge >= 0.3 is 0 Å². The summed E-state index contributed by atoms with van der Waals surface area (Å²) in [6, 6.07) is 17.2. The second-order valence-corrected chi connectivity index (χ2v) is 6.61. The molecule has 0 aliphatic carbocycles. The first kappa shape index (κ1) is 19.2. The summed E-state index contributed by atoms with van der Waals surface area (Å²) in [7, 11) is 1.56. The molecule has 0 aliphatic rings. The molecule has 0 bridgehead atoms. The highest BCUT2D eigenvalue weighted by Gasteiger charge is 2.26. The molecule has 0 spiro atoms. The molecule has 6 nitrogen and oxygen atoms in total. The van der Waals surface area contributed by atoms with E-state index in [0.29, 0.717) is 17.0 Å². The third kappa shape index (κ3) is 3.37. The van der Waals surface area contributed by atoms with Crippen LogP contribution in [0.25, 0.3) is 5.52 Å². The number of nitrogens with one attached hydrogen (secondary N) is 1. The zero-order chi connectivity index (χ0) is 21.3. The number of hydrogen-bond donors (Lipinski definition) is 2. The van der Waals surface area contributed by atoms with Crippen molar-refractivity contribution in [3.8, 4) is 5.75 Å². The van der Waals surface area contributed by atoms with Gasteiger partial charge in [0.2, 0.25) is 5.78 Å². The Morgan fingerprint density at radius 1 is 1.00 bits per heavy atom. The van der Waals surface area contributed by atoms with E-state index in [4.69, 9.17) is 10.5 Å². The predicted molar refractivity (Wildman–Crippen MR) is 113 cm³/mol. The van der Waals surface area contributed by atoms with E-state index in [1.54, 1.807) is 60.2 Å². The molecule has 2 aromatic heterocycles. The van der Waals surface area contributed by atoms with E-state index in [1.165, 1.54) is 24.3 Å². The predicted octanol–water partition coefficient (Wildman–Crippen LogP) is 4.15. The summed E-state index contributed by atoms with van der Waals surface area (Å²) in [6.07, 6.45) is 1.66. The highest BCUT2D eigenvalue weighted by atomic mass is 19.1. The van der Waals surface area contributed by atoms with Gasteiger partial charge in [0.15, 0.2) is 0 Å². The molecule has 3 N–H and O–H groups in total. The van der Waals surface area contributed by atoms with Crippen molar-refractivity contribution < 1.29 is 18.7 Å². The maximum atomic E-state index is 13.2. The Hall–Kier alpha value is -4.13. The summed E-state index contributed by atoms with van der Waals surface area (Å²) in [4.78, 5) is 26.1. The lowest BCUT2D eigenvalue weighted by atomic mass is 10.1. The second kappa shape index (κ2) is 7.71. The van der Waals surface area contributed by atoms with Crippen LogP contribution in [-0.2, 0) is 0 Å². The van der Waals surface area contributed by atoms with Crippen LogP contribution in [0.4, 0.5) is 15.8 Å². The minimum Gasteiger partial charge on any atom is -0.497 e. The van der Waals surface area contributed by atoms with Gasteiger partial charge in [0.05, 0.1) is 23.9 Å². The van der Waals surface area contributed by atoms with E-state index < -0.39 is 17.5 Å². The quantitative estimate of drug-likeness (QED) is 0.490. The molecule has 4 rings (SSSR count). The maximum Gasteiger partial charge on any atom is 0.259 e. The lowest BCUT2D eigenvalue weighted by molar-refractivity contribution is 0.102. The Balaban J connectivity index is 1.77. The number of nitrogens with two attached hydrogens (primary N) is 1. The van der Waals surface area contributed by atoms with E-state index in [1.807, 2.05) is 0 Å². The third-order valence-corrected chi connectivity index (χ3v) is 4.78. The van der Waals surface area contributed by atoms with Gasteiger partial charge in [-0.25, -0.2) is 4.39 Å². The minimum absolute atomic E-state index is 0.0570. The topological polar surface area (TPSA) is 85.8 Å². The van der Waals surface area contributed by atoms with Crippen molar-refractivity contribution >= 4 is 28.6 Å². The number of nitrogen functional groups attached to an aromatic ring is 1. The molecule has 2 aromatic carbocycles. The SMILES string of the molecule is COc1ccc(NC(=O)c2c(N)c(C(=O)c3ccc(F)cc3)n3ccccc23)cc1. The van der Waals surface area contributed by atoms with Crippen LogP contribution >= 0.6 is 0 Å². The molecular weight excluding hydrogens is 385 g/mol. The first-order valence-electron chi connectivity index (χ1n) is 9.14. The zero-order valence-corrected chi connectivity index (χ0v) is 16.1. The van der Waals surface area contributed by atoms with Gasteiger partial charge < -0.3 is 20.2 Å². The second-order valence-electron chi connectivity index (χ2n) is 6.61. The number of halogens is 1. The molecule has 0 radical (unpaired) electrons. The van der Waals surface area contributed by atoms with E-state index in [2.05, 4.69) is 5.32 Å². The van der Waals surface area contributed by atoms with Crippen molar-refractivity contribution in [2.75, 3.05) is 18.2 Å². The lowest BCUT2D eigenvalue weighted by Gasteiger charge is -2.07. The number of fused-ring (bicyclic) bond motifs is 1. The first-order valence-corrected chi connectivity index (χ1v) is 9.14. The fourth-order valence-corrected chi connectivity index (χ4v) is 3.30. The van der Waals surface area contributed by atoms with Crippen molar-refractivity contribution in [3.05, 3.63) is 95.6 Å². The van der Waals surface area contributed by atoms with E-state index in [-0.39, 0.29) is 22.5 Å². The van der Waals surface area contributed by atoms with Crippen molar-refractivity contribution in [1.29, 1.82) is 0 Å². The van der Waals surface area contributed by atoms with Crippen molar-refractivity contribution in [3.63, 3.8) is 0 Å². The van der Waals surface area contributed by atoms with Crippen LogP contribution in [-0.4, -0.2) is 23.2 Å². The number of anilines is 2. The molecule has 0 aliphatic heterocycles. The minimum atomic E-state index is -0.445. The highest BCUT2D eigenvalue weighted by Crippen LogP contribution is 2.29. The average Bonchev–Trinajstić information content (AvgIpc) is 3.06. The number of hydrogen-bond acceptors (Lipinski definition) is 4. The van der Waals surface area contributed by atoms with Crippen LogP contribution in [0.3, 0.4) is 0 Å². The summed E-state index contributed by atoms with van der Waals surface area (Å²) in [6.45, 7) is 0. The number of benzene rings is 2. The van der Waals surface area contributed by atoms with Crippen molar-refractivity contribution in [2.45, 2.75) is 0 Å². The number of methoxy groups -OCH3 is 1. The van der Waals surface area contributed by atoms with Gasteiger partial charge in [0.1, 0.15) is 17.3 Å². The van der Waals surface area contributed by atoms with Gasteiger partial charge in [-0.3, -0.25) is 9.59 Å². The number of amides is 1. The van der Waals surface area contributed by atoms with Crippen molar-refractivity contribution in [2.24, 2.45) is 0 Å². The van der Waals surface area contributed by atoms with Crippen LogP contribution in [0.1, 0.15) is 26.4 Å². The fraction of sp³-hybridized carbons (Fsp3) is 0.0435. The highest BCUT2D eigenvalue weighted by molar-refractivity contribution is 6.20. The van der Waals surface area contributed by atoms with Gasteiger partial charge in [-0.2, -0.15) is 0 Å². The number of carbonyl (C=O) groups is 2. The van der Waals surface area contributed by atoms with E-state index in [0.717, 1.165) is 0 Å². The largest absolute Gasteiger partial charge is 0.497 e. The number of aromatic nitrogens is 1. The van der Waals surface area contributed by atoms with E-state index >= 15 is 0 Å². The molecule has 0 fully saturated rings. The molecule has 7 heteroatoms. The zero-order valence-electron chi connectivity index (χ0n) is 16.1. The van der Waals surface area contributed by atoms with Crippen LogP contribution in [0, 0.1) is 5.82 Å². The third-order valence-electron chi connectivity index (χ3n) is 4.78.